The lowest BCUT2D eigenvalue weighted by atomic mass is 10.2. The van der Waals surface area contributed by atoms with Crippen LogP contribution in [0.4, 0.5) is 5.69 Å². The fraction of sp³-hybridized carbons (Fsp3) is 0.222. The van der Waals surface area contributed by atoms with Gasteiger partial charge in [-0.1, -0.05) is 6.07 Å². The smallest absolute Gasteiger partial charge is 0.313 e. The fourth-order valence-electron chi connectivity index (χ4n) is 2.42. The monoisotopic (exact) mass is 358 g/mol. The highest BCUT2D eigenvalue weighted by molar-refractivity contribution is 6.39. The Morgan fingerprint density at radius 3 is 2.50 bits per heavy atom. The van der Waals surface area contributed by atoms with Crippen LogP contribution in [0.3, 0.4) is 0 Å². The van der Waals surface area contributed by atoms with Gasteiger partial charge in [-0.15, -0.1) is 0 Å². The molecular weight excluding hydrogens is 340 g/mol. The van der Waals surface area contributed by atoms with E-state index in [0.29, 0.717) is 28.7 Å². The lowest BCUT2D eigenvalue weighted by Gasteiger charge is -2.11. The molecule has 0 atom stereocenters. The molecule has 0 unspecified atom stereocenters. The van der Waals surface area contributed by atoms with Gasteiger partial charge in [0, 0.05) is 18.3 Å². The Morgan fingerprint density at radius 2 is 1.73 bits per heavy atom. The topological polar surface area (TPSA) is 95.1 Å². The first kappa shape index (κ1) is 17.4. The third-order valence-electron chi connectivity index (χ3n) is 3.74. The first-order valence-electron chi connectivity index (χ1n) is 7.80. The number of methoxy groups -OCH3 is 2. The first-order chi connectivity index (χ1) is 12.6. The van der Waals surface area contributed by atoms with Crippen molar-refractivity contribution in [2.24, 2.45) is 0 Å². The maximum Gasteiger partial charge on any atom is 0.313 e. The summed E-state index contributed by atoms with van der Waals surface area (Å²) in [4.78, 5) is 24.0. The van der Waals surface area contributed by atoms with E-state index in [0.717, 1.165) is 5.56 Å². The molecule has 0 saturated heterocycles. The van der Waals surface area contributed by atoms with Gasteiger partial charge in [0.25, 0.3) is 0 Å². The highest BCUT2D eigenvalue weighted by atomic mass is 16.7. The number of benzene rings is 2. The summed E-state index contributed by atoms with van der Waals surface area (Å²) in [5, 5.41) is 5.07. The highest BCUT2D eigenvalue weighted by Crippen LogP contribution is 2.32. The molecule has 2 N–H and O–H groups in total. The average molecular weight is 358 g/mol. The molecule has 2 aromatic carbocycles. The fourth-order valence-corrected chi connectivity index (χ4v) is 2.42. The van der Waals surface area contributed by atoms with Crippen molar-refractivity contribution >= 4 is 17.5 Å². The quantitative estimate of drug-likeness (QED) is 0.790. The van der Waals surface area contributed by atoms with Crippen molar-refractivity contribution in [3.8, 4) is 23.0 Å². The molecule has 0 saturated carbocycles. The van der Waals surface area contributed by atoms with Crippen LogP contribution in [0.25, 0.3) is 0 Å². The molecule has 0 aromatic heterocycles. The summed E-state index contributed by atoms with van der Waals surface area (Å²) >= 11 is 0. The summed E-state index contributed by atoms with van der Waals surface area (Å²) in [7, 11) is 3.00. The molecule has 0 fully saturated rings. The number of amides is 2. The molecule has 0 spiro atoms. The van der Waals surface area contributed by atoms with Crippen molar-refractivity contribution in [1.29, 1.82) is 0 Å². The molecular formula is C18H18N2O6. The van der Waals surface area contributed by atoms with Gasteiger partial charge in [-0.2, -0.15) is 0 Å². The number of carbonyl (C=O) groups excluding carboxylic acids is 2. The number of anilines is 1. The third kappa shape index (κ3) is 3.80. The molecule has 136 valence electrons. The Kier molecular flexibility index (Phi) is 5.12. The molecule has 1 aliphatic rings. The number of nitrogens with one attached hydrogen (secondary N) is 2. The van der Waals surface area contributed by atoms with Crippen LogP contribution < -0.4 is 29.6 Å². The number of fused-ring (bicyclic) bond motifs is 1. The van der Waals surface area contributed by atoms with Gasteiger partial charge >= 0.3 is 11.8 Å². The number of hydrogen-bond donors (Lipinski definition) is 2. The van der Waals surface area contributed by atoms with Crippen molar-refractivity contribution in [3.05, 3.63) is 42.0 Å². The van der Waals surface area contributed by atoms with Crippen LogP contribution in [0.5, 0.6) is 23.0 Å². The van der Waals surface area contributed by atoms with Crippen LogP contribution >= 0.6 is 0 Å². The molecule has 1 heterocycles. The summed E-state index contributed by atoms with van der Waals surface area (Å²) in [6.45, 7) is 0.369. The minimum Gasteiger partial charge on any atom is -0.493 e. The Hall–Kier alpha value is -3.42. The molecule has 3 rings (SSSR count). The molecule has 0 aliphatic carbocycles. The SMILES string of the molecule is COc1ccc(NC(=O)C(=O)NCc2ccc3c(c2)OCO3)cc1OC. The van der Waals surface area contributed by atoms with Crippen LogP contribution in [0.15, 0.2) is 36.4 Å². The van der Waals surface area contributed by atoms with Crippen molar-refractivity contribution in [2.45, 2.75) is 6.54 Å². The van der Waals surface area contributed by atoms with Crippen LogP contribution in [-0.4, -0.2) is 32.8 Å². The van der Waals surface area contributed by atoms with Crippen molar-refractivity contribution in [3.63, 3.8) is 0 Å². The van der Waals surface area contributed by atoms with Gasteiger partial charge in [0.2, 0.25) is 6.79 Å². The first-order valence-corrected chi connectivity index (χ1v) is 7.80. The summed E-state index contributed by atoms with van der Waals surface area (Å²) in [5.74, 6) is 0.719. The van der Waals surface area contributed by atoms with Gasteiger partial charge in [-0.25, -0.2) is 0 Å². The summed E-state index contributed by atoms with van der Waals surface area (Å²) in [5.41, 5.74) is 1.22. The second-order valence-corrected chi connectivity index (χ2v) is 5.39. The maximum absolute atomic E-state index is 12.0. The van der Waals surface area contributed by atoms with Crippen molar-refractivity contribution in [1.82, 2.24) is 5.32 Å². The molecule has 2 aromatic rings. The van der Waals surface area contributed by atoms with Gasteiger partial charge in [0.05, 0.1) is 14.2 Å². The summed E-state index contributed by atoms with van der Waals surface area (Å²) < 4.78 is 20.8. The summed E-state index contributed by atoms with van der Waals surface area (Å²) in [6, 6.07) is 10.1. The van der Waals surface area contributed by atoms with Gasteiger partial charge in [-0.3, -0.25) is 9.59 Å². The Balaban J connectivity index is 1.57. The van der Waals surface area contributed by atoms with E-state index in [4.69, 9.17) is 18.9 Å². The molecule has 1 aliphatic heterocycles. The normalized spacial score (nSPS) is 11.6. The maximum atomic E-state index is 12.0. The van der Waals surface area contributed by atoms with E-state index in [-0.39, 0.29) is 13.3 Å². The van der Waals surface area contributed by atoms with Crippen LogP contribution in [0.2, 0.25) is 0 Å². The minimum atomic E-state index is -0.780. The van der Waals surface area contributed by atoms with Gasteiger partial charge < -0.3 is 29.6 Å². The van der Waals surface area contributed by atoms with Crippen molar-refractivity contribution < 1.29 is 28.5 Å². The molecule has 8 nitrogen and oxygen atoms in total. The van der Waals surface area contributed by atoms with E-state index < -0.39 is 11.8 Å². The van der Waals surface area contributed by atoms with Crippen LogP contribution in [0.1, 0.15) is 5.56 Å². The number of rotatable bonds is 5. The Bertz CT molecular complexity index is 836. The minimum absolute atomic E-state index is 0.179. The molecule has 0 radical (unpaired) electrons. The van der Waals surface area contributed by atoms with E-state index in [2.05, 4.69) is 10.6 Å². The van der Waals surface area contributed by atoms with Crippen molar-refractivity contribution in [2.75, 3.05) is 26.3 Å². The highest BCUT2D eigenvalue weighted by Gasteiger charge is 2.16. The number of hydrogen-bond acceptors (Lipinski definition) is 6. The third-order valence-corrected chi connectivity index (χ3v) is 3.74. The van der Waals surface area contributed by atoms with E-state index in [1.54, 1.807) is 36.4 Å². The second kappa shape index (κ2) is 7.64. The van der Waals surface area contributed by atoms with E-state index in [1.807, 2.05) is 0 Å². The average Bonchev–Trinajstić information content (AvgIpc) is 3.13. The summed E-state index contributed by atoms with van der Waals surface area (Å²) in [6.07, 6.45) is 0. The van der Waals surface area contributed by atoms with Crippen LogP contribution in [0, 0.1) is 0 Å². The lowest BCUT2D eigenvalue weighted by molar-refractivity contribution is -0.136. The van der Waals surface area contributed by atoms with E-state index in [9.17, 15) is 9.59 Å². The molecule has 8 heteroatoms. The zero-order valence-corrected chi connectivity index (χ0v) is 14.3. The predicted octanol–water partition coefficient (Wildman–Crippen LogP) is 1.69. The molecule has 26 heavy (non-hydrogen) atoms. The van der Waals surface area contributed by atoms with Crippen LogP contribution in [-0.2, 0) is 16.1 Å². The zero-order valence-electron chi connectivity index (χ0n) is 14.3. The predicted molar refractivity (Wildman–Crippen MR) is 92.6 cm³/mol. The van der Waals surface area contributed by atoms with Gasteiger partial charge in [0.15, 0.2) is 23.0 Å². The van der Waals surface area contributed by atoms with E-state index in [1.165, 1.54) is 14.2 Å². The van der Waals surface area contributed by atoms with E-state index >= 15 is 0 Å². The zero-order chi connectivity index (χ0) is 18.5. The molecule has 2 amide bonds. The van der Waals surface area contributed by atoms with Gasteiger partial charge in [-0.05, 0) is 29.8 Å². The lowest BCUT2D eigenvalue weighted by Crippen LogP contribution is -2.34. The molecule has 0 bridgehead atoms. The standard InChI is InChI=1S/C18H18N2O6/c1-23-13-6-4-12(8-15(13)24-2)20-18(22)17(21)19-9-11-3-5-14-16(7-11)26-10-25-14/h3-8H,9-10H2,1-2H3,(H,19,21)(H,20,22). The second-order valence-electron chi connectivity index (χ2n) is 5.39. The number of carbonyl (C=O) groups is 2. The van der Waals surface area contributed by atoms with Gasteiger partial charge in [0.1, 0.15) is 0 Å². The Morgan fingerprint density at radius 1 is 0.962 bits per heavy atom. The Labute approximate surface area is 150 Å². The largest absolute Gasteiger partial charge is 0.493 e. The number of ether oxygens (including phenoxy) is 4.